The Morgan fingerprint density at radius 1 is 0.472 bits per heavy atom. The van der Waals surface area contributed by atoms with E-state index in [0.29, 0.717) is 22.3 Å². The van der Waals surface area contributed by atoms with Crippen LogP contribution >= 0.6 is 0 Å². The molecule has 2 N–H and O–H groups in total. The topological polar surface area (TPSA) is 109 Å². The van der Waals surface area contributed by atoms with Crippen LogP contribution in [0, 0.1) is 0 Å². The summed E-state index contributed by atoms with van der Waals surface area (Å²) in [5.74, 6) is 0. The number of hydrogen-bond acceptors (Lipinski definition) is 4. The van der Waals surface area contributed by atoms with E-state index in [1.54, 1.807) is 109 Å². The molecule has 0 aliphatic carbocycles. The summed E-state index contributed by atoms with van der Waals surface area (Å²) in [5, 5.41) is 0. The zero-order chi connectivity index (χ0) is 25.8. The molecule has 0 atom stereocenters. The van der Waals surface area contributed by atoms with Crippen molar-refractivity contribution in [1.29, 1.82) is 0 Å². The summed E-state index contributed by atoms with van der Waals surface area (Å²) in [6.45, 7) is 0. The van der Waals surface area contributed by atoms with Crippen LogP contribution in [-0.4, -0.2) is 25.9 Å². The summed E-state index contributed by atoms with van der Waals surface area (Å²) in [6, 6.07) is 30.8. The van der Waals surface area contributed by atoms with Crippen molar-refractivity contribution in [2.75, 3.05) is 0 Å². The molecule has 0 aliphatic heterocycles. The molecule has 0 bridgehead atoms. The van der Waals surface area contributed by atoms with Gasteiger partial charge in [-0.2, -0.15) is 16.8 Å². The normalized spacial score (nSPS) is 12.9. The standard InChI is InChI=1S/C28H22O6S2/c29-35(30,31)27(19-21-7-3-1-4-8-21)25-15-11-23(12-16-25)24-13-17-26(18-14-24)28(36(32,33)34)20-22-9-5-2-6-10-22/h1-20H,(H,29,30,31)(H,32,33,34). The third-order valence-corrected chi connectivity index (χ3v) is 7.24. The van der Waals surface area contributed by atoms with Crippen molar-refractivity contribution in [3.63, 3.8) is 0 Å². The molecular formula is C28H22O6S2. The van der Waals surface area contributed by atoms with Crippen LogP contribution in [0.25, 0.3) is 33.1 Å². The van der Waals surface area contributed by atoms with Gasteiger partial charge in [0.1, 0.15) is 9.81 Å². The van der Waals surface area contributed by atoms with Gasteiger partial charge in [-0.3, -0.25) is 9.11 Å². The quantitative estimate of drug-likeness (QED) is 0.225. The van der Waals surface area contributed by atoms with Gasteiger partial charge < -0.3 is 0 Å². The van der Waals surface area contributed by atoms with Crippen LogP contribution < -0.4 is 0 Å². The first-order valence-electron chi connectivity index (χ1n) is 10.8. The summed E-state index contributed by atoms with van der Waals surface area (Å²) in [4.78, 5) is -0.445. The Labute approximate surface area is 210 Å². The van der Waals surface area contributed by atoms with E-state index in [1.807, 2.05) is 0 Å². The molecule has 0 fully saturated rings. The minimum atomic E-state index is -4.47. The first-order valence-corrected chi connectivity index (χ1v) is 13.7. The van der Waals surface area contributed by atoms with Crippen molar-refractivity contribution < 1.29 is 25.9 Å². The third kappa shape index (κ3) is 6.24. The number of hydrogen-bond donors (Lipinski definition) is 2. The van der Waals surface area contributed by atoms with Crippen LogP contribution in [0.4, 0.5) is 0 Å². The van der Waals surface area contributed by atoms with Crippen LogP contribution in [-0.2, 0) is 20.2 Å². The molecule has 0 aliphatic rings. The van der Waals surface area contributed by atoms with Crippen LogP contribution in [0.2, 0.25) is 0 Å². The van der Waals surface area contributed by atoms with E-state index in [2.05, 4.69) is 0 Å². The molecule has 36 heavy (non-hydrogen) atoms. The molecule has 0 amide bonds. The Morgan fingerprint density at radius 2 is 0.778 bits per heavy atom. The zero-order valence-corrected chi connectivity index (χ0v) is 20.5. The van der Waals surface area contributed by atoms with Crippen LogP contribution in [0.3, 0.4) is 0 Å². The maximum Gasteiger partial charge on any atom is 0.295 e. The fraction of sp³-hybridized carbons (Fsp3) is 0. The van der Waals surface area contributed by atoms with Crippen LogP contribution in [0.5, 0.6) is 0 Å². The highest BCUT2D eigenvalue weighted by atomic mass is 32.2. The summed E-state index contributed by atoms with van der Waals surface area (Å²) < 4.78 is 67.6. The van der Waals surface area contributed by atoms with Crippen LogP contribution in [0.1, 0.15) is 22.3 Å². The second-order valence-electron chi connectivity index (χ2n) is 7.94. The van der Waals surface area contributed by atoms with E-state index in [0.717, 1.165) is 11.1 Å². The van der Waals surface area contributed by atoms with Crippen molar-refractivity contribution in [1.82, 2.24) is 0 Å². The van der Waals surface area contributed by atoms with Crippen molar-refractivity contribution in [3.8, 4) is 11.1 Å². The molecule has 0 spiro atoms. The van der Waals surface area contributed by atoms with E-state index in [4.69, 9.17) is 0 Å². The molecule has 0 unspecified atom stereocenters. The van der Waals surface area contributed by atoms with Gasteiger partial charge in [-0.25, -0.2) is 0 Å². The maximum absolute atomic E-state index is 12.0. The van der Waals surface area contributed by atoms with Gasteiger partial charge in [-0.15, -0.1) is 0 Å². The Hall–Kier alpha value is -3.82. The van der Waals surface area contributed by atoms with Gasteiger partial charge in [0.2, 0.25) is 0 Å². The van der Waals surface area contributed by atoms with E-state index >= 15 is 0 Å². The molecule has 4 aromatic rings. The zero-order valence-electron chi connectivity index (χ0n) is 18.9. The monoisotopic (exact) mass is 518 g/mol. The minimum absolute atomic E-state index is 0.223. The molecule has 0 saturated carbocycles. The van der Waals surface area contributed by atoms with E-state index in [-0.39, 0.29) is 9.81 Å². The molecular weight excluding hydrogens is 496 g/mol. The van der Waals surface area contributed by atoms with Crippen molar-refractivity contribution >= 4 is 42.2 Å². The molecule has 4 rings (SSSR count). The van der Waals surface area contributed by atoms with Gasteiger partial charge >= 0.3 is 0 Å². The lowest BCUT2D eigenvalue weighted by atomic mass is 10.0. The van der Waals surface area contributed by atoms with Gasteiger partial charge in [0, 0.05) is 0 Å². The van der Waals surface area contributed by atoms with Crippen molar-refractivity contribution in [2.45, 2.75) is 0 Å². The average Bonchev–Trinajstić information content (AvgIpc) is 2.86. The molecule has 8 heteroatoms. The van der Waals surface area contributed by atoms with Gasteiger partial charge in [0.25, 0.3) is 20.2 Å². The lowest BCUT2D eigenvalue weighted by Gasteiger charge is -2.09. The molecule has 182 valence electrons. The SMILES string of the molecule is O=S(=O)(O)C(=Cc1ccccc1)c1ccc(-c2ccc(C(=Cc3ccccc3)S(=O)(=O)O)cc2)cc1. The Balaban J connectivity index is 1.65. The van der Waals surface area contributed by atoms with E-state index < -0.39 is 20.2 Å². The van der Waals surface area contributed by atoms with Crippen molar-refractivity contribution in [2.24, 2.45) is 0 Å². The number of rotatable bonds is 7. The summed E-state index contributed by atoms with van der Waals surface area (Å²) in [6.07, 6.45) is 2.80. The average molecular weight is 519 g/mol. The second-order valence-corrected chi connectivity index (χ2v) is 10.7. The Morgan fingerprint density at radius 3 is 1.06 bits per heavy atom. The number of benzene rings is 4. The summed E-state index contributed by atoms with van der Waals surface area (Å²) in [5.41, 5.74) is 3.40. The van der Waals surface area contributed by atoms with Gasteiger partial charge in [0.05, 0.1) is 0 Å². The molecule has 6 nitrogen and oxygen atoms in total. The fourth-order valence-corrected chi connectivity index (χ4v) is 5.11. The molecule has 0 saturated heterocycles. The lowest BCUT2D eigenvalue weighted by molar-refractivity contribution is 0.494. The highest BCUT2D eigenvalue weighted by molar-refractivity contribution is 7.96. The third-order valence-electron chi connectivity index (χ3n) is 5.42. The molecule has 0 aromatic heterocycles. The van der Waals surface area contributed by atoms with E-state index in [9.17, 15) is 25.9 Å². The molecule has 0 radical (unpaired) electrons. The minimum Gasteiger partial charge on any atom is -0.282 e. The smallest absolute Gasteiger partial charge is 0.282 e. The highest BCUT2D eigenvalue weighted by Gasteiger charge is 2.18. The van der Waals surface area contributed by atoms with Crippen LogP contribution in [0.15, 0.2) is 109 Å². The highest BCUT2D eigenvalue weighted by Crippen LogP contribution is 2.29. The second kappa shape index (κ2) is 10.4. The summed E-state index contributed by atoms with van der Waals surface area (Å²) >= 11 is 0. The molecule has 4 aromatic carbocycles. The van der Waals surface area contributed by atoms with E-state index in [1.165, 1.54) is 12.2 Å². The first kappa shape index (κ1) is 25.3. The Kier molecular flexibility index (Phi) is 7.32. The predicted octanol–water partition coefficient (Wildman–Crippen LogP) is 6.13. The summed E-state index contributed by atoms with van der Waals surface area (Å²) in [7, 11) is -8.95. The fourth-order valence-electron chi connectivity index (χ4n) is 3.67. The van der Waals surface area contributed by atoms with Crippen molar-refractivity contribution in [3.05, 3.63) is 131 Å². The lowest BCUT2D eigenvalue weighted by Crippen LogP contribution is -2.01. The Bertz CT molecular complexity index is 1490. The van der Waals surface area contributed by atoms with Gasteiger partial charge in [0.15, 0.2) is 0 Å². The largest absolute Gasteiger partial charge is 0.295 e. The first-order chi connectivity index (χ1) is 17.1. The molecule has 0 heterocycles. The van der Waals surface area contributed by atoms with Gasteiger partial charge in [-0.1, -0.05) is 109 Å². The van der Waals surface area contributed by atoms with Gasteiger partial charge in [-0.05, 0) is 45.5 Å². The predicted molar refractivity (Wildman–Crippen MR) is 144 cm³/mol. The maximum atomic E-state index is 12.0.